The standard InChI is InChI=1S/C3H7O9PS/c4-3(5)2(1-14(9,10)11)12-13(6,7)8/h2H,1H2,(H,4,5)(H2,6,7,8)(H,9,10,11)/t2-/m1/s1. The molecule has 0 fully saturated rings. The van der Waals surface area contributed by atoms with Gasteiger partial charge in [0.25, 0.3) is 10.1 Å². The molecule has 0 aliphatic rings. The first-order valence-electron chi connectivity index (χ1n) is 2.93. The maximum Gasteiger partial charge on any atom is 0.470 e. The Bertz CT molecular complexity index is 350. The van der Waals surface area contributed by atoms with E-state index < -0.39 is 35.8 Å². The van der Waals surface area contributed by atoms with E-state index in [4.69, 9.17) is 19.4 Å². The molecule has 0 aliphatic heterocycles. The summed E-state index contributed by atoms with van der Waals surface area (Å²) in [6.45, 7) is 0. The van der Waals surface area contributed by atoms with Crippen LogP contribution in [0, 0.1) is 0 Å². The summed E-state index contributed by atoms with van der Waals surface area (Å²) in [5.41, 5.74) is 0. The summed E-state index contributed by atoms with van der Waals surface area (Å²) in [5.74, 6) is -3.35. The van der Waals surface area contributed by atoms with Crippen LogP contribution in [-0.2, 0) is 24.0 Å². The van der Waals surface area contributed by atoms with Crippen molar-refractivity contribution >= 4 is 23.9 Å². The van der Waals surface area contributed by atoms with Crippen molar-refractivity contribution in [2.24, 2.45) is 0 Å². The molecule has 0 aliphatic carbocycles. The summed E-state index contributed by atoms with van der Waals surface area (Å²) in [5, 5.41) is 8.26. The second-order valence-electron chi connectivity index (χ2n) is 2.17. The van der Waals surface area contributed by atoms with Crippen molar-refractivity contribution in [3.63, 3.8) is 0 Å². The molecule has 9 nitrogen and oxygen atoms in total. The third-order valence-electron chi connectivity index (χ3n) is 0.902. The van der Waals surface area contributed by atoms with E-state index in [2.05, 4.69) is 4.52 Å². The zero-order chi connectivity index (χ0) is 11.6. The average molecular weight is 250 g/mol. The zero-order valence-corrected chi connectivity index (χ0v) is 8.18. The molecule has 1 atom stereocenters. The van der Waals surface area contributed by atoms with Gasteiger partial charge in [0.15, 0.2) is 6.10 Å². The van der Waals surface area contributed by atoms with Gasteiger partial charge in [-0.25, -0.2) is 9.36 Å². The van der Waals surface area contributed by atoms with E-state index in [0.29, 0.717) is 0 Å². The topological polar surface area (TPSA) is 158 Å². The molecular formula is C3H7O9PS. The van der Waals surface area contributed by atoms with E-state index in [0.717, 1.165) is 0 Å². The quantitative estimate of drug-likeness (QED) is 0.334. The lowest BCUT2D eigenvalue weighted by atomic mass is 10.4. The molecule has 14 heavy (non-hydrogen) atoms. The van der Waals surface area contributed by atoms with Crippen LogP contribution in [0.25, 0.3) is 0 Å². The number of carboxylic acids is 1. The number of carboxylic acid groups (broad SMARTS) is 1. The Morgan fingerprint density at radius 1 is 1.43 bits per heavy atom. The first-order chi connectivity index (χ1) is 6.01. The van der Waals surface area contributed by atoms with Crippen molar-refractivity contribution in [3.8, 4) is 0 Å². The summed E-state index contributed by atoms with van der Waals surface area (Å²) in [6.07, 6.45) is -2.31. The number of hydrogen-bond donors (Lipinski definition) is 4. The summed E-state index contributed by atoms with van der Waals surface area (Å²) >= 11 is 0. The number of phosphoric acid groups is 1. The number of aliphatic carboxylic acids is 1. The SMILES string of the molecule is O=C(O)[C@@H](CS(=O)(=O)O)OP(=O)(O)O. The van der Waals surface area contributed by atoms with Crippen molar-refractivity contribution in [1.82, 2.24) is 0 Å². The van der Waals surface area contributed by atoms with E-state index in [1.807, 2.05) is 0 Å². The minimum absolute atomic E-state index is 1.44. The summed E-state index contributed by atoms with van der Waals surface area (Å²) in [7, 11) is -9.81. The Morgan fingerprint density at radius 3 is 2.07 bits per heavy atom. The summed E-state index contributed by atoms with van der Waals surface area (Å²) < 4.78 is 42.4. The molecule has 0 aromatic heterocycles. The minimum atomic E-state index is -5.12. The highest BCUT2D eigenvalue weighted by atomic mass is 32.2. The van der Waals surface area contributed by atoms with E-state index in [1.54, 1.807) is 0 Å². The van der Waals surface area contributed by atoms with Gasteiger partial charge in [-0.3, -0.25) is 9.08 Å². The lowest BCUT2D eigenvalue weighted by Gasteiger charge is -2.11. The lowest BCUT2D eigenvalue weighted by Crippen LogP contribution is -2.30. The van der Waals surface area contributed by atoms with Crippen LogP contribution in [0.3, 0.4) is 0 Å². The monoisotopic (exact) mass is 250 g/mol. The predicted octanol–water partition coefficient (Wildman–Crippen LogP) is -1.56. The van der Waals surface area contributed by atoms with E-state index in [9.17, 15) is 17.8 Å². The molecule has 11 heteroatoms. The molecule has 0 saturated carbocycles. The van der Waals surface area contributed by atoms with Gasteiger partial charge >= 0.3 is 13.8 Å². The maximum absolute atomic E-state index is 10.2. The Balaban J connectivity index is 4.65. The molecule has 0 saturated heterocycles. The molecule has 84 valence electrons. The van der Waals surface area contributed by atoms with Crippen molar-refractivity contribution in [1.29, 1.82) is 0 Å². The molecule has 0 unspecified atom stereocenters. The van der Waals surface area contributed by atoms with Crippen LogP contribution in [0.2, 0.25) is 0 Å². The van der Waals surface area contributed by atoms with Crippen LogP contribution >= 0.6 is 7.82 Å². The molecule has 0 aromatic rings. The number of hydrogen-bond acceptors (Lipinski definition) is 5. The van der Waals surface area contributed by atoms with Gasteiger partial charge in [-0.05, 0) is 0 Å². The van der Waals surface area contributed by atoms with Gasteiger partial charge in [-0.2, -0.15) is 8.42 Å². The highest BCUT2D eigenvalue weighted by Crippen LogP contribution is 2.37. The Kier molecular flexibility index (Phi) is 4.18. The molecule has 0 bridgehead atoms. The van der Waals surface area contributed by atoms with Crippen molar-refractivity contribution in [2.45, 2.75) is 6.10 Å². The fraction of sp³-hybridized carbons (Fsp3) is 0.667. The highest BCUT2D eigenvalue weighted by Gasteiger charge is 2.31. The van der Waals surface area contributed by atoms with Gasteiger partial charge in [-0.1, -0.05) is 0 Å². The minimum Gasteiger partial charge on any atom is -0.479 e. The Labute approximate surface area is 78.3 Å². The van der Waals surface area contributed by atoms with Gasteiger partial charge in [0.2, 0.25) is 0 Å². The van der Waals surface area contributed by atoms with Crippen molar-refractivity contribution < 1.29 is 41.7 Å². The Hall–Kier alpha value is -0.510. The van der Waals surface area contributed by atoms with Crippen LogP contribution in [0.5, 0.6) is 0 Å². The van der Waals surface area contributed by atoms with Crippen LogP contribution in [0.1, 0.15) is 0 Å². The molecular weight excluding hydrogens is 243 g/mol. The van der Waals surface area contributed by atoms with Gasteiger partial charge in [-0.15, -0.1) is 0 Å². The number of carbonyl (C=O) groups is 1. The van der Waals surface area contributed by atoms with Gasteiger partial charge < -0.3 is 14.9 Å². The van der Waals surface area contributed by atoms with E-state index in [-0.39, 0.29) is 0 Å². The zero-order valence-electron chi connectivity index (χ0n) is 6.47. The largest absolute Gasteiger partial charge is 0.479 e. The fourth-order valence-corrected chi connectivity index (χ4v) is 1.69. The molecule has 0 aromatic carbocycles. The predicted molar refractivity (Wildman–Crippen MR) is 41.0 cm³/mol. The summed E-state index contributed by atoms with van der Waals surface area (Å²) in [6, 6.07) is 0. The van der Waals surface area contributed by atoms with Crippen LogP contribution < -0.4 is 0 Å². The van der Waals surface area contributed by atoms with E-state index >= 15 is 0 Å². The van der Waals surface area contributed by atoms with Gasteiger partial charge in [0.1, 0.15) is 5.75 Å². The fourth-order valence-electron chi connectivity index (χ4n) is 0.504. The molecule has 0 rings (SSSR count). The van der Waals surface area contributed by atoms with Crippen molar-refractivity contribution in [3.05, 3.63) is 0 Å². The van der Waals surface area contributed by atoms with Crippen LogP contribution in [0.4, 0.5) is 0 Å². The van der Waals surface area contributed by atoms with Gasteiger partial charge in [0.05, 0.1) is 0 Å². The molecule has 0 spiro atoms. The maximum atomic E-state index is 10.2. The molecule has 4 N–H and O–H groups in total. The second-order valence-corrected chi connectivity index (χ2v) is 4.86. The lowest BCUT2D eigenvalue weighted by molar-refractivity contribution is -0.144. The average Bonchev–Trinajstić information content (AvgIpc) is 1.78. The second kappa shape index (κ2) is 4.34. The third-order valence-corrected chi connectivity index (χ3v) is 2.16. The van der Waals surface area contributed by atoms with Crippen molar-refractivity contribution in [2.75, 3.05) is 5.75 Å². The third kappa shape index (κ3) is 6.95. The Morgan fingerprint density at radius 2 is 1.86 bits per heavy atom. The van der Waals surface area contributed by atoms with Gasteiger partial charge in [0, 0.05) is 0 Å². The number of phosphoric ester groups is 1. The summed E-state index contributed by atoms with van der Waals surface area (Å²) in [4.78, 5) is 26.6. The molecule has 0 amide bonds. The molecule has 0 heterocycles. The number of rotatable bonds is 5. The normalized spacial score (nSPS) is 15.1. The first kappa shape index (κ1) is 13.5. The van der Waals surface area contributed by atoms with Crippen LogP contribution in [0.15, 0.2) is 0 Å². The smallest absolute Gasteiger partial charge is 0.470 e. The highest BCUT2D eigenvalue weighted by molar-refractivity contribution is 7.85. The molecule has 0 radical (unpaired) electrons. The van der Waals surface area contributed by atoms with Crippen LogP contribution in [-0.4, -0.2) is 45.7 Å². The van der Waals surface area contributed by atoms with E-state index in [1.165, 1.54) is 0 Å². The first-order valence-corrected chi connectivity index (χ1v) is 6.07.